The van der Waals surface area contributed by atoms with E-state index in [2.05, 4.69) is 27.5 Å². The van der Waals surface area contributed by atoms with Gasteiger partial charge in [-0.25, -0.2) is 0 Å². The predicted molar refractivity (Wildman–Crippen MR) is 114 cm³/mol. The summed E-state index contributed by atoms with van der Waals surface area (Å²) >= 11 is 6.52. The molecule has 1 aromatic heterocycles. The van der Waals surface area contributed by atoms with Crippen LogP contribution < -0.4 is 10.2 Å². The third-order valence-corrected chi connectivity index (χ3v) is 5.63. The Balaban J connectivity index is 1.54. The van der Waals surface area contributed by atoms with E-state index in [9.17, 15) is 9.90 Å². The number of anilines is 2. The smallest absolute Gasteiger partial charge is 0.260 e. The van der Waals surface area contributed by atoms with Gasteiger partial charge in [0.05, 0.1) is 35.7 Å². The molecule has 8 heteroatoms. The second kappa shape index (κ2) is 7.51. The fourth-order valence-electron chi connectivity index (χ4n) is 3.78. The Hall–Kier alpha value is -3.29. The van der Waals surface area contributed by atoms with E-state index in [1.54, 1.807) is 12.1 Å². The number of amides is 1. The Kier molecular flexibility index (Phi) is 4.69. The molecule has 2 N–H and O–H groups in total. The number of nitrogens with one attached hydrogen (secondary N) is 1. The number of aliphatic hydroxyl groups excluding tert-OH is 1. The number of aromatic nitrogens is 1. The highest BCUT2D eigenvalue weighted by Crippen LogP contribution is 2.42. The van der Waals surface area contributed by atoms with Crippen molar-refractivity contribution in [2.45, 2.75) is 0 Å². The lowest BCUT2D eigenvalue weighted by Gasteiger charge is -2.29. The standard InChI is InChI=1S/C22H18ClN3O4/c23-17-12-18-16(20(22(28)25-18)21(27)19-5-6-24-30-19)11-15(17)13-1-3-14(4-2-13)26-7-9-29-10-8-26/h1-6,11-12,27H,7-10H2,(H,25,28)/b21-20+. The van der Waals surface area contributed by atoms with Crippen LogP contribution in [0.1, 0.15) is 11.3 Å². The molecule has 0 aliphatic carbocycles. The molecule has 0 bridgehead atoms. The van der Waals surface area contributed by atoms with Gasteiger partial charge in [-0.3, -0.25) is 4.79 Å². The fraction of sp³-hybridized carbons (Fsp3) is 0.182. The third kappa shape index (κ3) is 3.22. The summed E-state index contributed by atoms with van der Waals surface area (Å²) in [6, 6.07) is 13.1. The minimum absolute atomic E-state index is 0.124. The molecule has 7 nitrogen and oxygen atoms in total. The zero-order chi connectivity index (χ0) is 20.7. The SMILES string of the molecule is O=C1Nc2cc(Cl)c(-c3ccc(N4CCOCC4)cc3)cc2/C1=C(\O)c1ccno1. The first kappa shape index (κ1) is 18.7. The van der Waals surface area contributed by atoms with Gasteiger partial charge in [0.1, 0.15) is 0 Å². The van der Waals surface area contributed by atoms with Gasteiger partial charge in [-0.05, 0) is 29.8 Å². The maximum absolute atomic E-state index is 12.5. The molecule has 3 heterocycles. The molecule has 2 aromatic carbocycles. The van der Waals surface area contributed by atoms with Crippen molar-refractivity contribution in [2.75, 3.05) is 36.5 Å². The Labute approximate surface area is 177 Å². The number of ether oxygens (including phenoxy) is 1. The minimum atomic E-state index is -0.421. The van der Waals surface area contributed by atoms with E-state index in [1.165, 1.54) is 12.3 Å². The van der Waals surface area contributed by atoms with Gasteiger partial charge in [0, 0.05) is 36.0 Å². The molecule has 1 amide bonds. The second-order valence-corrected chi connectivity index (χ2v) is 7.49. The molecule has 30 heavy (non-hydrogen) atoms. The topological polar surface area (TPSA) is 87.8 Å². The van der Waals surface area contributed by atoms with Gasteiger partial charge < -0.3 is 24.6 Å². The summed E-state index contributed by atoms with van der Waals surface area (Å²) in [5.41, 5.74) is 4.04. The average Bonchev–Trinajstić information content (AvgIpc) is 3.41. The summed E-state index contributed by atoms with van der Waals surface area (Å²) in [7, 11) is 0. The number of nitrogens with zero attached hydrogens (tertiary/aromatic N) is 2. The highest BCUT2D eigenvalue weighted by atomic mass is 35.5. The van der Waals surface area contributed by atoms with Crippen LogP contribution in [0, 0.1) is 0 Å². The van der Waals surface area contributed by atoms with Crippen molar-refractivity contribution < 1.29 is 19.2 Å². The van der Waals surface area contributed by atoms with Crippen molar-refractivity contribution in [1.29, 1.82) is 0 Å². The molecule has 1 saturated heterocycles. The Bertz CT molecular complexity index is 1130. The highest BCUT2D eigenvalue weighted by molar-refractivity contribution is 6.38. The average molecular weight is 424 g/mol. The van der Waals surface area contributed by atoms with Gasteiger partial charge in [0.15, 0.2) is 5.76 Å². The zero-order valence-electron chi connectivity index (χ0n) is 15.9. The highest BCUT2D eigenvalue weighted by Gasteiger charge is 2.30. The number of rotatable bonds is 3. The molecule has 1 fully saturated rings. The quantitative estimate of drug-likeness (QED) is 0.484. The van der Waals surface area contributed by atoms with Crippen LogP contribution in [0.3, 0.4) is 0 Å². The largest absolute Gasteiger partial charge is 0.504 e. The molecule has 0 radical (unpaired) electrons. The summed E-state index contributed by atoms with van der Waals surface area (Å²) < 4.78 is 10.4. The monoisotopic (exact) mass is 423 g/mol. The first-order valence-corrected chi connectivity index (χ1v) is 9.92. The lowest BCUT2D eigenvalue weighted by molar-refractivity contribution is -0.110. The number of morpholine rings is 1. The van der Waals surface area contributed by atoms with E-state index in [0.717, 1.165) is 43.1 Å². The number of halogens is 1. The van der Waals surface area contributed by atoms with Crippen LogP contribution in [0.15, 0.2) is 53.2 Å². The summed E-state index contributed by atoms with van der Waals surface area (Å²) in [6.07, 6.45) is 1.41. The number of hydrogen-bond acceptors (Lipinski definition) is 6. The van der Waals surface area contributed by atoms with Crippen LogP contribution in [-0.4, -0.2) is 42.5 Å². The Morgan fingerprint density at radius 1 is 1.10 bits per heavy atom. The van der Waals surface area contributed by atoms with Crippen molar-refractivity contribution in [3.63, 3.8) is 0 Å². The number of aliphatic hydroxyl groups is 1. The number of fused-ring (bicyclic) bond motifs is 1. The number of hydrogen-bond donors (Lipinski definition) is 2. The van der Waals surface area contributed by atoms with Crippen LogP contribution >= 0.6 is 11.6 Å². The molecule has 2 aliphatic heterocycles. The molecule has 3 aromatic rings. The van der Waals surface area contributed by atoms with Crippen LogP contribution in [0.5, 0.6) is 0 Å². The zero-order valence-corrected chi connectivity index (χ0v) is 16.6. The van der Waals surface area contributed by atoms with Crippen molar-refractivity contribution in [2.24, 2.45) is 0 Å². The molecule has 0 saturated carbocycles. The van der Waals surface area contributed by atoms with E-state index in [0.29, 0.717) is 16.3 Å². The van der Waals surface area contributed by atoms with Gasteiger partial charge in [-0.15, -0.1) is 0 Å². The van der Waals surface area contributed by atoms with Crippen molar-refractivity contribution in [1.82, 2.24) is 5.16 Å². The fourth-order valence-corrected chi connectivity index (χ4v) is 4.05. The van der Waals surface area contributed by atoms with Gasteiger partial charge in [-0.1, -0.05) is 28.9 Å². The Morgan fingerprint density at radius 3 is 2.57 bits per heavy atom. The maximum Gasteiger partial charge on any atom is 0.260 e. The summed E-state index contributed by atoms with van der Waals surface area (Å²) in [5, 5.41) is 17.4. The summed E-state index contributed by atoms with van der Waals surface area (Å²) in [6.45, 7) is 3.18. The van der Waals surface area contributed by atoms with Crippen LogP contribution in [-0.2, 0) is 9.53 Å². The van der Waals surface area contributed by atoms with E-state index in [-0.39, 0.29) is 17.1 Å². The molecule has 5 rings (SSSR count). The van der Waals surface area contributed by atoms with Crippen molar-refractivity contribution in [3.8, 4) is 11.1 Å². The van der Waals surface area contributed by atoms with E-state index in [1.807, 2.05) is 12.1 Å². The summed E-state index contributed by atoms with van der Waals surface area (Å²) in [4.78, 5) is 14.8. The first-order valence-electron chi connectivity index (χ1n) is 9.54. The molecule has 0 unspecified atom stereocenters. The van der Waals surface area contributed by atoms with E-state index < -0.39 is 5.91 Å². The lowest BCUT2D eigenvalue weighted by Crippen LogP contribution is -2.36. The Morgan fingerprint density at radius 2 is 1.87 bits per heavy atom. The lowest BCUT2D eigenvalue weighted by atomic mass is 9.98. The van der Waals surface area contributed by atoms with Gasteiger partial charge in [0.2, 0.25) is 5.76 Å². The molecule has 0 spiro atoms. The van der Waals surface area contributed by atoms with E-state index >= 15 is 0 Å². The molecular formula is C22H18ClN3O4. The molecule has 0 atom stereocenters. The number of carbonyl (C=O) groups is 1. The van der Waals surface area contributed by atoms with Gasteiger partial charge >= 0.3 is 0 Å². The van der Waals surface area contributed by atoms with Crippen molar-refractivity contribution >= 4 is 40.2 Å². The molecular weight excluding hydrogens is 406 g/mol. The van der Waals surface area contributed by atoms with Crippen LogP contribution in [0.2, 0.25) is 5.02 Å². The van der Waals surface area contributed by atoms with Crippen molar-refractivity contribution in [3.05, 3.63) is 65.0 Å². The number of carbonyl (C=O) groups excluding carboxylic acids is 1. The van der Waals surface area contributed by atoms with Crippen LogP contribution in [0.4, 0.5) is 11.4 Å². The molecule has 2 aliphatic rings. The predicted octanol–water partition coefficient (Wildman–Crippen LogP) is 4.21. The summed E-state index contributed by atoms with van der Waals surface area (Å²) in [5.74, 6) is -0.561. The van der Waals surface area contributed by atoms with Gasteiger partial charge in [-0.2, -0.15) is 0 Å². The maximum atomic E-state index is 12.5. The van der Waals surface area contributed by atoms with Crippen LogP contribution in [0.25, 0.3) is 22.5 Å². The first-order chi connectivity index (χ1) is 14.6. The van der Waals surface area contributed by atoms with E-state index in [4.69, 9.17) is 20.9 Å². The normalized spacial score (nSPS) is 17.6. The molecule has 152 valence electrons. The minimum Gasteiger partial charge on any atom is -0.504 e. The third-order valence-electron chi connectivity index (χ3n) is 5.31. The van der Waals surface area contributed by atoms with Gasteiger partial charge in [0.25, 0.3) is 5.91 Å². The number of benzene rings is 2. The second-order valence-electron chi connectivity index (χ2n) is 7.08.